The first-order valence-corrected chi connectivity index (χ1v) is 6.17. The fraction of sp³-hybridized carbons (Fsp3) is 0.500. The predicted octanol–water partition coefficient (Wildman–Crippen LogP) is 1.67. The lowest BCUT2D eigenvalue weighted by atomic mass is 10.0. The van der Waals surface area contributed by atoms with Crippen molar-refractivity contribution < 1.29 is 19.6 Å². The molecular weight excluding hydrogens is 266 g/mol. The number of carboxylic acids is 1. The molecule has 0 spiro atoms. The molecule has 1 aliphatic heterocycles. The zero-order valence-corrected chi connectivity index (χ0v) is 11.0. The summed E-state index contributed by atoms with van der Waals surface area (Å²) in [6, 6.07) is 1.17. The molecule has 2 heterocycles. The summed E-state index contributed by atoms with van der Waals surface area (Å²) in [5, 5.41) is 22.7. The highest BCUT2D eigenvalue weighted by molar-refractivity contribution is 5.93. The molecule has 1 saturated heterocycles. The Labute approximate surface area is 114 Å². The second kappa shape index (κ2) is 5.41. The van der Waals surface area contributed by atoms with Crippen LogP contribution in [0.25, 0.3) is 0 Å². The number of aromatic nitrogens is 1. The first kappa shape index (κ1) is 14.2. The summed E-state index contributed by atoms with van der Waals surface area (Å²) in [5.41, 5.74) is -1.22. The maximum absolute atomic E-state index is 11.0. The van der Waals surface area contributed by atoms with Gasteiger partial charge in [0.05, 0.1) is 10.5 Å². The van der Waals surface area contributed by atoms with E-state index in [4.69, 9.17) is 9.84 Å². The monoisotopic (exact) mass is 281 g/mol. The number of nitrogens with zero attached hydrogens (tertiary/aromatic N) is 2. The van der Waals surface area contributed by atoms with Crippen molar-refractivity contribution in [2.24, 2.45) is 0 Å². The molecule has 1 fully saturated rings. The van der Waals surface area contributed by atoms with Crippen molar-refractivity contribution in [3.8, 4) is 0 Å². The van der Waals surface area contributed by atoms with E-state index in [0.717, 1.165) is 19.0 Å². The molecule has 108 valence electrons. The van der Waals surface area contributed by atoms with Gasteiger partial charge in [-0.25, -0.2) is 9.78 Å². The van der Waals surface area contributed by atoms with E-state index in [2.05, 4.69) is 10.3 Å². The Morgan fingerprint density at radius 2 is 2.45 bits per heavy atom. The van der Waals surface area contributed by atoms with Gasteiger partial charge in [0.1, 0.15) is 17.6 Å². The molecule has 2 N–H and O–H groups in total. The maximum atomic E-state index is 11.0. The minimum atomic E-state index is -1.36. The van der Waals surface area contributed by atoms with Crippen LogP contribution in [0.2, 0.25) is 0 Å². The van der Waals surface area contributed by atoms with E-state index in [1.54, 1.807) is 0 Å². The zero-order chi connectivity index (χ0) is 14.8. The van der Waals surface area contributed by atoms with Gasteiger partial charge in [0, 0.05) is 19.2 Å². The number of anilines is 1. The van der Waals surface area contributed by atoms with Crippen LogP contribution in [0.15, 0.2) is 12.3 Å². The van der Waals surface area contributed by atoms with Gasteiger partial charge in [-0.1, -0.05) is 0 Å². The SMILES string of the molecule is CC1(CNc2cc(C(=O)O)c([N+](=O)[O-])cn2)CCCO1. The predicted molar refractivity (Wildman–Crippen MR) is 69.9 cm³/mol. The molecule has 1 aliphatic rings. The minimum Gasteiger partial charge on any atom is -0.477 e. The lowest BCUT2D eigenvalue weighted by Gasteiger charge is -2.23. The van der Waals surface area contributed by atoms with Gasteiger partial charge in [0.2, 0.25) is 0 Å². The van der Waals surface area contributed by atoms with Gasteiger partial charge in [0.25, 0.3) is 0 Å². The second-order valence-corrected chi connectivity index (χ2v) is 4.90. The number of carboxylic acid groups (broad SMARTS) is 1. The summed E-state index contributed by atoms with van der Waals surface area (Å²) in [6.45, 7) is 3.12. The molecule has 1 atom stereocenters. The second-order valence-electron chi connectivity index (χ2n) is 4.90. The fourth-order valence-electron chi connectivity index (χ4n) is 2.12. The van der Waals surface area contributed by atoms with Gasteiger partial charge in [0.15, 0.2) is 0 Å². The van der Waals surface area contributed by atoms with Crippen LogP contribution in [-0.4, -0.2) is 39.7 Å². The van der Waals surface area contributed by atoms with E-state index in [-0.39, 0.29) is 17.0 Å². The van der Waals surface area contributed by atoms with Crippen molar-refractivity contribution in [1.29, 1.82) is 0 Å². The van der Waals surface area contributed by atoms with Gasteiger partial charge in [-0.15, -0.1) is 0 Å². The number of nitrogens with one attached hydrogen (secondary N) is 1. The van der Waals surface area contributed by atoms with E-state index >= 15 is 0 Å². The molecule has 2 rings (SSSR count). The molecule has 20 heavy (non-hydrogen) atoms. The highest BCUT2D eigenvalue weighted by Crippen LogP contribution is 2.26. The Hall–Kier alpha value is -2.22. The Balaban J connectivity index is 2.15. The third kappa shape index (κ3) is 3.02. The lowest BCUT2D eigenvalue weighted by molar-refractivity contribution is -0.385. The van der Waals surface area contributed by atoms with Crippen molar-refractivity contribution in [1.82, 2.24) is 4.98 Å². The van der Waals surface area contributed by atoms with Crippen LogP contribution < -0.4 is 5.32 Å². The largest absolute Gasteiger partial charge is 0.477 e. The van der Waals surface area contributed by atoms with E-state index in [0.29, 0.717) is 13.2 Å². The highest BCUT2D eigenvalue weighted by atomic mass is 16.6. The average molecular weight is 281 g/mol. The molecule has 0 saturated carbocycles. The number of nitro groups is 1. The number of hydrogen-bond acceptors (Lipinski definition) is 6. The van der Waals surface area contributed by atoms with Crippen LogP contribution in [0.5, 0.6) is 0 Å². The van der Waals surface area contributed by atoms with Crippen LogP contribution >= 0.6 is 0 Å². The fourth-order valence-corrected chi connectivity index (χ4v) is 2.12. The zero-order valence-electron chi connectivity index (χ0n) is 11.0. The van der Waals surface area contributed by atoms with Gasteiger partial charge in [-0.05, 0) is 19.8 Å². The number of rotatable bonds is 5. The smallest absolute Gasteiger partial charge is 0.342 e. The van der Waals surface area contributed by atoms with E-state index in [9.17, 15) is 14.9 Å². The van der Waals surface area contributed by atoms with E-state index < -0.39 is 16.6 Å². The van der Waals surface area contributed by atoms with Crippen LogP contribution in [-0.2, 0) is 4.74 Å². The van der Waals surface area contributed by atoms with Crippen molar-refractivity contribution >= 4 is 17.5 Å². The first-order valence-electron chi connectivity index (χ1n) is 6.17. The van der Waals surface area contributed by atoms with Gasteiger partial charge >= 0.3 is 11.7 Å². The third-order valence-electron chi connectivity index (χ3n) is 3.25. The molecule has 1 unspecified atom stereocenters. The Bertz CT molecular complexity index is 540. The Morgan fingerprint density at radius 1 is 1.70 bits per heavy atom. The average Bonchev–Trinajstić information content (AvgIpc) is 2.83. The third-order valence-corrected chi connectivity index (χ3v) is 3.25. The molecule has 1 aromatic heterocycles. The molecule has 8 heteroatoms. The Kier molecular flexibility index (Phi) is 3.84. The summed E-state index contributed by atoms with van der Waals surface area (Å²) in [5.74, 6) is -1.07. The molecule has 0 bridgehead atoms. The Morgan fingerprint density at radius 3 is 3.00 bits per heavy atom. The van der Waals surface area contributed by atoms with E-state index in [1.165, 1.54) is 6.07 Å². The van der Waals surface area contributed by atoms with Gasteiger partial charge in [-0.2, -0.15) is 0 Å². The topological polar surface area (TPSA) is 115 Å². The van der Waals surface area contributed by atoms with Crippen LogP contribution in [0.1, 0.15) is 30.1 Å². The van der Waals surface area contributed by atoms with Crippen LogP contribution in [0, 0.1) is 10.1 Å². The molecule has 1 aromatic rings. The number of aromatic carboxylic acids is 1. The standard InChI is InChI=1S/C12H15N3O5/c1-12(3-2-4-20-12)7-14-10-5-8(11(16)17)9(6-13-10)15(18)19/h5-6H,2-4,7H2,1H3,(H,13,14)(H,16,17). The number of ether oxygens (including phenoxy) is 1. The number of pyridine rings is 1. The summed E-state index contributed by atoms with van der Waals surface area (Å²) >= 11 is 0. The van der Waals surface area contributed by atoms with Crippen molar-refractivity contribution in [2.75, 3.05) is 18.5 Å². The summed E-state index contributed by atoms with van der Waals surface area (Å²) in [4.78, 5) is 24.8. The molecule has 0 aliphatic carbocycles. The molecular formula is C12H15N3O5. The molecule has 8 nitrogen and oxygen atoms in total. The van der Waals surface area contributed by atoms with Crippen LogP contribution in [0.4, 0.5) is 11.5 Å². The molecule has 0 aromatic carbocycles. The molecule has 0 amide bonds. The number of carbonyl (C=O) groups is 1. The summed E-state index contributed by atoms with van der Waals surface area (Å²) in [6.07, 6.45) is 2.83. The lowest BCUT2D eigenvalue weighted by Crippen LogP contribution is -2.32. The quantitative estimate of drug-likeness (QED) is 0.623. The van der Waals surface area contributed by atoms with Gasteiger partial charge in [-0.3, -0.25) is 10.1 Å². The van der Waals surface area contributed by atoms with Crippen molar-refractivity contribution in [2.45, 2.75) is 25.4 Å². The first-order chi connectivity index (χ1) is 9.41. The molecule has 0 radical (unpaired) electrons. The maximum Gasteiger partial charge on any atom is 0.342 e. The minimum absolute atomic E-state index is 0.282. The summed E-state index contributed by atoms with van der Waals surface area (Å²) < 4.78 is 5.59. The van der Waals surface area contributed by atoms with E-state index in [1.807, 2.05) is 6.92 Å². The highest BCUT2D eigenvalue weighted by Gasteiger charge is 2.30. The van der Waals surface area contributed by atoms with Crippen molar-refractivity contribution in [3.05, 3.63) is 27.9 Å². The van der Waals surface area contributed by atoms with Crippen LogP contribution in [0.3, 0.4) is 0 Å². The normalized spacial score (nSPS) is 21.6. The summed E-state index contributed by atoms with van der Waals surface area (Å²) in [7, 11) is 0. The number of hydrogen-bond donors (Lipinski definition) is 2. The van der Waals surface area contributed by atoms with Crippen molar-refractivity contribution in [3.63, 3.8) is 0 Å². The van der Waals surface area contributed by atoms with Gasteiger partial charge < -0.3 is 15.2 Å².